The predicted octanol–water partition coefficient (Wildman–Crippen LogP) is 0.639. The van der Waals surface area contributed by atoms with Crippen molar-refractivity contribution in [1.29, 1.82) is 0 Å². The van der Waals surface area contributed by atoms with Crippen LogP contribution in [-0.2, 0) is 4.74 Å². The molecular formula is C5H8NO. The number of hydrogen-bond acceptors (Lipinski definition) is 2. The lowest BCUT2D eigenvalue weighted by Crippen LogP contribution is -1.87. The molecule has 2 nitrogen and oxygen atoms in total. The van der Waals surface area contributed by atoms with Gasteiger partial charge in [0.15, 0.2) is 0 Å². The third kappa shape index (κ3) is 1.69. The topological polar surface area (TPSA) is 21.6 Å². The van der Waals surface area contributed by atoms with Gasteiger partial charge in [0, 0.05) is 12.6 Å². The maximum absolute atomic E-state index is 4.94. The Balaban J connectivity index is 2.20. The van der Waals surface area contributed by atoms with Gasteiger partial charge in [-0.2, -0.15) is 0 Å². The van der Waals surface area contributed by atoms with Crippen LogP contribution in [0.4, 0.5) is 0 Å². The van der Waals surface area contributed by atoms with E-state index < -0.39 is 0 Å². The highest BCUT2D eigenvalue weighted by Crippen LogP contribution is 1.89. The third-order valence-corrected chi connectivity index (χ3v) is 0.792. The molecule has 1 rings (SSSR count). The molecule has 7 heavy (non-hydrogen) atoms. The van der Waals surface area contributed by atoms with E-state index in [2.05, 4.69) is 4.99 Å². The first-order valence-corrected chi connectivity index (χ1v) is 2.42. The van der Waals surface area contributed by atoms with Gasteiger partial charge in [-0.3, -0.25) is 4.99 Å². The molecule has 0 spiro atoms. The first-order chi connectivity index (χ1) is 3.50. The molecule has 0 unspecified atom stereocenters. The molecule has 39 valence electrons. The van der Waals surface area contributed by atoms with Gasteiger partial charge in [-0.05, 0) is 0 Å². The molecule has 1 aliphatic rings. The van der Waals surface area contributed by atoms with E-state index in [1.54, 1.807) is 6.61 Å². The van der Waals surface area contributed by atoms with Gasteiger partial charge in [-0.15, -0.1) is 0 Å². The van der Waals surface area contributed by atoms with Crippen LogP contribution in [0.2, 0.25) is 0 Å². The zero-order valence-corrected chi connectivity index (χ0v) is 4.13. The Morgan fingerprint density at radius 1 is 1.57 bits per heavy atom. The smallest absolute Gasteiger partial charge is 0.105 e. The molecule has 1 aliphatic heterocycles. The van der Waals surface area contributed by atoms with E-state index in [0.29, 0.717) is 0 Å². The number of hydrogen-bond donors (Lipinski definition) is 0. The molecule has 1 radical (unpaired) electrons. The zero-order valence-electron chi connectivity index (χ0n) is 4.13. The normalized spacial score (nSPS) is 21.7. The molecule has 0 bridgehead atoms. The summed E-state index contributed by atoms with van der Waals surface area (Å²) in [6.07, 6.45) is 2.85. The van der Waals surface area contributed by atoms with Gasteiger partial charge in [0.1, 0.15) is 6.61 Å². The van der Waals surface area contributed by atoms with E-state index in [-0.39, 0.29) is 0 Å². The second kappa shape index (κ2) is 2.75. The van der Waals surface area contributed by atoms with Crippen molar-refractivity contribution in [2.45, 2.75) is 6.42 Å². The molecule has 0 aromatic heterocycles. The van der Waals surface area contributed by atoms with Gasteiger partial charge in [-0.25, -0.2) is 0 Å². The maximum atomic E-state index is 4.94. The molecule has 1 heterocycles. The highest BCUT2D eigenvalue weighted by molar-refractivity contribution is 5.57. The Hall–Kier alpha value is -0.370. The van der Waals surface area contributed by atoms with Crippen LogP contribution in [0.3, 0.4) is 0 Å². The van der Waals surface area contributed by atoms with Crippen molar-refractivity contribution in [2.24, 2.45) is 4.99 Å². The number of ether oxygens (including phenoxy) is 1. The molecule has 0 fully saturated rings. The fourth-order valence-corrected chi connectivity index (χ4v) is 0.466. The minimum Gasteiger partial charge on any atom is -0.373 e. The van der Waals surface area contributed by atoms with E-state index in [0.717, 1.165) is 19.6 Å². The van der Waals surface area contributed by atoms with Gasteiger partial charge in [0.05, 0.1) is 13.2 Å². The molecular weight excluding hydrogens is 90.1 g/mol. The van der Waals surface area contributed by atoms with Crippen LogP contribution in [0.15, 0.2) is 4.99 Å². The van der Waals surface area contributed by atoms with Gasteiger partial charge >= 0.3 is 0 Å². The van der Waals surface area contributed by atoms with Crippen LogP contribution in [0.25, 0.3) is 0 Å². The highest BCUT2D eigenvalue weighted by atomic mass is 16.5. The third-order valence-electron chi connectivity index (χ3n) is 0.792. The molecule has 0 aromatic carbocycles. The largest absolute Gasteiger partial charge is 0.373 e. The quantitative estimate of drug-likeness (QED) is 0.435. The van der Waals surface area contributed by atoms with Crippen LogP contribution in [0, 0.1) is 6.61 Å². The minimum absolute atomic E-state index is 0.722. The highest BCUT2D eigenvalue weighted by Gasteiger charge is 1.89. The van der Waals surface area contributed by atoms with Crippen molar-refractivity contribution >= 4 is 6.21 Å². The predicted molar refractivity (Wildman–Crippen MR) is 28.2 cm³/mol. The summed E-state index contributed by atoms with van der Waals surface area (Å²) in [4.78, 5) is 3.97. The van der Waals surface area contributed by atoms with E-state index in [4.69, 9.17) is 4.74 Å². The summed E-state index contributed by atoms with van der Waals surface area (Å²) >= 11 is 0. The Kier molecular flexibility index (Phi) is 1.88. The van der Waals surface area contributed by atoms with Gasteiger partial charge in [0.25, 0.3) is 0 Å². The van der Waals surface area contributed by atoms with Crippen LogP contribution in [0.5, 0.6) is 0 Å². The molecule has 0 saturated carbocycles. The average molecular weight is 98.1 g/mol. The summed E-state index contributed by atoms with van der Waals surface area (Å²) in [5.41, 5.74) is 0. The fourth-order valence-electron chi connectivity index (χ4n) is 0.466. The molecule has 0 N–H and O–H groups in total. The van der Waals surface area contributed by atoms with Crippen molar-refractivity contribution in [3.63, 3.8) is 0 Å². The van der Waals surface area contributed by atoms with Crippen LogP contribution in [-0.4, -0.2) is 19.4 Å². The Morgan fingerprint density at radius 2 is 2.57 bits per heavy atom. The first-order valence-electron chi connectivity index (χ1n) is 2.42. The summed E-state index contributed by atoms with van der Waals surface area (Å²) in [5.74, 6) is 0. The lowest BCUT2D eigenvalue weighted by Gasteiger charge is -1.89. The SMILES string of the molecule is [CH]1CN=CCCO1. The summed E-state index contributed by atoms with van der Waals surface area (Å²) < 4.78 is 4.94. The van der Waals surface area contributed by atoms with E-state index in [9.17, 15) is 0 Å². The van der Waals surface area contributed by atoms with Crippen molar-refractivity contribution in [3.8, 4) is 0 Å². The number of nitrogens with zero attached hydrogens (tertiary/aromatic N) is 1. The first kappa shape index (κ1) is 4.78. The Bertz CT molecular complexity index is 62.5. The molecule has 0 amide bonds. The van der Waals surface area contributed by atoms with E-state index >= 15 is 0 Å². The van der Waals surface area contributed by atoms with E-state index in [1.165, 1.54) is 0 Å². The molecule has 0 atom stereocenters. The van der Waals surface area contributed by atoms with Crippen molar-refractivity contribution in [2.75, 3.05) is 13.2 Å². The summed E-state index contributed by atoms with van der Waals surface area (Å²) in [6, 6.07) is 0. The van der Waals surface area contributed by atoms with Crippen molar-refractivity contribution < 1.29 is 4.74 Å². The van der Waals surface area contributed by atoms with Crippen LogP contribution in [0.1, 0.15) is 6.42 Å². The summed E-state index contributed by atoms with van der Waals surface area (Å²) in [6.45, 7) is 3.24. The fraction of sp³-hybridized carbons (Fsp3) is 0.600. The molecule has 2 heteroatoms. The van der Waals surface area contributed by atoms with Gasteiger partial charge in [-0.1, -0.05) is 0 Å². The minimum atomic E-state index is 0.722. The van der Waals surface area contributed by atoms with E-state index in [1.807, 2.05) is 6.21 Å². The molecule has 0 saturated heterocycles. The second-order valence-electron chi connectivity index (χ2n) is 1.37. The summed E-state index contributed by atoms with van der Waals surface area (Å²) in [5, 5.41) is 0. The Labute approximate surface area is 43.2 Å². The molecule has 0 aliphatic carbocycles. The maximum Gasteiger partial charge on any atom is 0.105 e. The van der Waals surface area contributed by atoms with Crippen LogP contribution < -0.4 is 0 Å². The second-order valence-corrected chi connectivity index (χ2v) is 1.37. The van der Waals surface area contributed by atoms with Gasteiger partial charge < -0.3 is 4.74 Å². The standard InChI is InChI=1S/C5H8NO/c1-2-6-3-5-7-4-1/h2,5H,1,3-4H2. The lowest BCUT2D eigenvalue weighted by atomic mass is 10.5. The monoisotopic (exact) mass is 98.1 g/mol. The van der Waals surface area contributed by atoms with Crippen LogP contribution >= 0.6 is 0 Å². The number of rotatable bonds is 0. The zero-order chi connectivity index (χ0) is 4.95. The van der Waals surface area contributed by atoms with Crippen molar-refractivity contribution in [3.05, 3.63) is 6.61 Å². The number of aliphatic imine (C=N–C) groups is 1. The van der Waals surface area contributed by atoms with Crippen molar-refractivity contribution in [1.82, 2.24) is 0 Å². The summed E-state index contributed by atoms with van der Waals surface area (Å²) in [7, 11) is 0. The average Bonchev–Trinajstić information content (AvgIpc) is 1.90. The molecule has 0 aromatic rings. The van der Waals surface area contributed by atoms with Gasteiger partial charge in [0.2, 0.25) is 0 Å². The Morgan fingerprint density at radius 3 is 3.57 bits per heavy atom. The lowest BCUT2D eigenvalue weighted by molar-refractivity contribution is 0.213.